The Balaban J connectivity index is 2.22. The summed E-state index contributed by atoms with van der Waals surface area (Å²) < 4.78 is 0. The third-order valence-electron chi connectivity index (χ3n) is 3.69. The molecule has 1 saturated heterocycles. The summed E-state index contributed by atoms with van der Waals surface area (Å²) in [4.78, 5) is 37.1. The Labute approximate surface area is 118 Å². The molecule has 0 aromatic heterocycles. The fourth-order valence-electron chi connectivity index (χ4n) is 2.25. The molecule has 0 atom stereocenters. The van der Waals surface area contributed by atoms with Gasteiger partial charge >= 0.3 is 0 Å². The molecule has 106 valence electrons. The summed E-state index contributed by atoms with van der Waals surface area (Å²) in [5.74, 6) is -1.09. The standard InChI is InChI=1S/C15H18N2O3/c1-10-6-4-5-7-11(10)8-13(19)17-9-12(18)16-14(20)15(17,2)3/h4-7H,8-9H2,1-3H3,(H,16,18,20). The van der Waals surface area contributed by atoms with E-state index in [1.807, 2.05) is 31.2 Å². The number of hydrogen-bond acceptors (Lipinski definition) is 3. The lowest BCUT2D eigenvalue weighted by Crippen LogP contribution is -2.65. The molecule has 5 heteroatoms. The molecule has 0 radical (unpaired) electrons. The van der Waals surface area contributed by atoms with Gasteiger partial charge in [-0.1, -0.05) is 24.3 Å². The van der Waals surface area contributed by atoms with Crippen molar-refractivity contribution in [2.75, 3.05) is 6.54 Å². The summed E-state index contributed by atoms with van der Waals surface area (Å²) in [5.41, 5.74) is 0.923. The largest absolute Gasteiger partial charge is 0.319 e. The lowest BCUT2D eigenvalue weighted by molar-refractivity contribution is -0.155. The molecule has 1 fully saturated rings. The second-order valence-electron chi connectivity index (χ2n) is 5.52. The summed E-state index contributed by atoms with van der Waals surface area (Å²) >= 11 is 0. The van der Waals surface area contributed by atoms with Gasteiger partial charge in [0.05, 0.1) is 6.42 Å². The molecule has 1 N–H and O–H groups in total. The van der Waals surface area contributed by atoms with Crippen molar-refractivity contribution in [1.82, 2.24) is 10.2 Å². The van der Waals surface area contributed by atoms with Gasteiger partial charge < -0.3 is 4.90 Å². The maximum Gasteiger partial charge on any atom is 0.252 e. The van der Waals surface area contributed by atoms with Crippen molar-refractivity contribution in [2.24, 2.45) is 0 Å². The van der Waals surface area contributed by atoms with Crippen LogP contribution in [0.4, 0.5) is 0 Å². The van der Waals surface area contributed by atoms with Crippen molar-refractivity contribution in [2.45, 2.75) is 32.7 Å². The van der Waals surface area contributed by atoms with Gasteiger partial charge in [-0.25, -0.2) is 0 Å². The van der Waals surface area contributed by atoms with Gasteiger partial charge in [0.2, 0.25) is 11.8 Å². The Hall–Kier alpha value is -2.17. The Bertz CT molecular complexity index is 578. The number of carbonyl (C=O) groups is 3. The third-order valence-corrected chi connectivity index (χ3v) is 3.69. The number of benzene rings is 1. The van der Waals surface area contributed by atoms with E-state index in [9.17, 15) is 14.4 Å². The predicted octanol–water partition coefficient (Wildman–Crippen LogP) is 0.801. The second-order valence-corrected chi connectivity index (χ2v) is 5.52. The highest BCUT2D eigenvalue weighted by molar-refractivity contribution is 6.06. The van der Waals surface area contributed by atoms with Crippen LogP contribution in [-0.2, 0) is 20.8 Å². The highest BCUT2D eigenvalue weighted by Gasteiger charge is 2.43. The first kappa shape index (κ1) is 14.2. The van der Waals surface area contributed by atoms with Crippen molar-refractivity contribution in [3.63, 3.8) is 0 Å². The van der Waals surface area contributed by atoms with Crippen molar-refractivity contribution >= 4 is 17.7 Å². The van der Waals surface area contributed by atoms with Crippen LogP contribution >= 0.6 is 0 Å². The molecule has 0 aliphatic carbocycles. The average molecular weight is 274 g/mol. The van der Waals surface area contributed by atoms with Crippen LogP contribution < -0.4 is 5.32 Å². The van der Waals surface area contributed by atoms with Gasteiger partial charge in [0.1, 0.15) is 12.1 Å². The van der Waals surface area contributed by atoms with E-state index in [2.05, 4.69) is 5.32 Å². The van der Waals surface area contributed by atoms with Crippen LogP contribution in [0.3, 0.4) is 0 Å². The van der Waals surface area contributed by atoms with E-state index in [4.69, 9.17) is 0 Å². The number of nitrogens with zero attached hydrogens (tertiary/aromatic N) is 1. The molecule has 0 spiro atoms. The minimum absolute atomic E-state index is 0.0799. The molecular formula is C15H18N2O3. The first-order valence-electron chi connectivity index (χ1n) is 6.51. The van der Waals surface area contributed by atoms with Gasteiger partial charge in [-0.15, -0.1) is 0 Å². The Morgan fingerprint density at radius 2 is 1.95 bits per heavy atom. The summed E-state index contributed by atoms with van der Waals surface area (Å²) in [7, 11) is 0. The third kappa shape index (κ3) is 2.57. The summed E-state index contributed by atoms with van der Waals surface area (Å²) in [6, 6.07) is 7.59. The topological polar surface area (TPSA) is 66.5 Å². The first-order valence-corrected chi connectivity index (χ1v) is 6.51. The van der Waals surface area contributed by atoms with Crippen LogP contribution in [0.2, 0.25) is 0 Å². The smallest absolute Gasteiger partial charge is 0.252 e. The lowest BCUT2D eigenvalue weighted by atomic mass is 9.96. The van der Waals surface area contributed by atoms with Crippen LogP contribution in [0.15, 0.2) is 24.3 Å². The highest BCUT2D eigenvalue weighted by atomic mass is 16.2. The van der Waals surface area contributed by atoms with Crippen LogP contribution in [0.5, 0.6) is 0 Å². The molecule has 1 heterocycles. The number of aryl methyl sites for hydroxylation is 1. The number of amides is 3. The van der Waals surface area contributed by atoms with E-state index >= 15 is 0 Å². The number of nitrogens with one attached hydrogen (secondary N) is 1. The van der Waals surface area contributed by atoms with Crippen molar-refractivity contribution in [3.05, 3.63) is 35.4 Å². The zero-order valence-corrected chi connectivity index (χ0v) is 11.9. The van der Waals surface area contributed by atoms with E-state index in [0.717, 1.165) is 11.1 Å². The number of piperazine rings is 1. The number of carbonyl (C=O) groups excluding carboxylic acids is 3. The van der Waals surface area contributed by atoms with Crippen LogP contribution in [0.25, 0.3) is 0 Å². The molecular weight excluding hydrogens is 256 g/mol. The van der Waals surface area contributed by atoms with E-state index < -0.39 is 17.4 Å². The normalized spacial score (nSPS) is 17.9. The van der Waals surface area contributed by atoms with Crippen molar-refractivity contribution < 1.29 is 14.4 Å². The zero-order valence-electron chi connectivity index (χ0n) is 11.9. The average Bonchev–Trinajstić information content (AvgIpc) is 2.37. The highest BCUT2D eigenvalue weighted by Crippen LogP contribution is 2.20. The first-order chi connectivity index (χ1) is 9.32. The molecule has 2 rings (SSSR count). The fourth-order valence-corrected chi connectivity index (χ4v) is 2.25. The van der Waals surface area contributed by atoms with Crippen molar-refractivity contribution in [3.8, 4) is 0 Å². The maximum absolute atomic E-state index is 12.4. The van der Waals surface area contributed by atoms with E-state index in [1.54, 1.807) is 13.8 Å². The molecule has 3 amide bonds. The van der Waals surface area contributed by atoms with Crippen LogP contribution in [0, 0.1) is 6.92 Å². The summed E-state index contributed by atoms with van der Waals surface area (Å²) in [6.45, 7) is 5.14. The van der Waals surface area contributed by atoms with Crippen LogP contribution in [0.1, 0.15) is 25.0 Å². The number of rotatable bonds is 2. The van der Waals surface area contributed by atoms with Gasteiger partial charge in [-0.2, -0.15) is 0 Å². The van der Waals surface area contributed by atoms with Gasteiger partial charge in [0, 0.05) is 0 Å². The Kier molecular flexibility index (Phi) is 3.61. The molecule has 1 aromatic carbocycles. The second kappa shape index (κ2) is 5.07. The summed E-state index contributed by atoms with van der Waals surface area (Å²) in [6.07, 6.45) is 0.191. The monoisotopic (exact) mass is 274 g/mol. The summed E-state index contributed by atoms with van der Waals surface area (Å²) in [5, 5.41) is 2.26. The molecule has 20 heavy (non-hydrogen) atoms. The molecule has 5 nitrogen and oxygen atoms in total. The zero-order chi connectivity index (χ0) is 14.9. The molecule has 1 aliphatic heterocycles. The molecule has 1 aliphatic rings. The quantitative estimate of drug-likeness (QED) is 0.811. The maximum atomic E-state index is 12.4. The number of imide groups is 1. The van der Waals surface area contributed by atoms with E-state index in [0.29, 0.717) is 0 Å². The predicted molar refractivity (Wildman–Crippen MR) is 73.8 cm³/mol. The fraction of sp³-hybridized carbons (Fsp3) is 0.400. The van der Waals surface area contributed by atoms with Gasteiger partial charge in [0.15, 0.2) is 0 Å². The minimum atomic E-state index is -1.01. The minimum Gasteiger partial charge on any atom is -0.319 e. The van der Waals surface area contributed by atoms with Crippen LogP contribution in [-0.4, -0.2) is 34.7 Å². The van der Waals surface area contributed by atoms with Crippen molar-refractivity contribution in [1.29, 1.82) is 0 Å². The lowest BCUT2D eigenvalue weighted by Gasteiger charge is -2.40. The van der Waals surface area contributed by atoms with E-state index in [1.165, 1.54) is 4.90 Å². The SMILES string of the molecule is Cc1ccccc1CC(=O)N1CC(=O)NC(=O)C1(C)C. The number of hydrogen-bond donors (Lipinski definition) is 1. The Morgan fingerprint density at radius 1 is 1.30 bits per heavy atom. The van der Waals surface area contributed by atoms with Gasteiger partial charge in [-0.05, 0) is 31.9 Å². The molecule has 0 unspecified atom stereocenters. The molecule has 0 saturated carbocycles. The van der Waals surface area contributed by atoms with Gasteiger partial charge in [-0.3, -0.25) is 19.7 Å². The molecule has 1 aromatic rings. The Morgan fingerprint density at radius 3 is 2.60 bits per heavy atom. The van der Waals surface area contributed by atoms with E-state index in [-0.39, 0.29) is 18.9 Å². The van der Waals surface area contributed by atoms with Gasteiger partial charge in [0.25, 0.3) is 5.91 Å². The molecule has 0 bridgehead atoms.